The summed E-state index contributed by atoms with van der Waals surface area (Å²) >= 11 is 0. The number of nitrogens with one attached hydrogen (secondary N) is 3. The van der Waals surface area contributed by atoms with Gasteiger partial charge in [0.2, 0.25) is 17.7 Å². The minimum Gasteiger partial charge on any atom is -0.394 e. The van der Waals surface area contributed by atoms with Crippen molar-refractivity contribution in [2.45, 2.75) is 280 Å². The first-order valence-electron chi connectivity index (χ1n) is 30.8. The first kappa shape index (κ1) is 78.7. The lowest BCUT2D eigenvalue weighted by atomic mass is 9.94. The lowest BCUT2D eigenvalue weighted by Gasteiger charge is -2.51. The van der Waals surface area contributed by atoms with Gasteiger partial charge in [-0.15, -0.1) is 0 Å². The molecule has 556 valence electrons. The average Bonchev–Trinajstić information content (AvgIpc) is 0.770. The van der Waals surface area contributed by atoms with Crippen LogP contribution in [0.5, 0.6) is 0 Å². The van der Waals surface area contributed by atoms with Crippen molar-refractivity contribution in [2.75, 3.05) is 39.6 Å². The Balaban J connectivity index is 0.979. The van der Waals surface area contributed by atoms with Crippen LogP contribution in [0.25, 0.3) is 0 Å². The van der Waals surface area contributed by atoms with Gasteiger partial charge in [-0.3, -0.25) is 14.4 Å². The molecule has 42 nitrogen and oxygen atoms in total. The van der Waals surface area contributed by atoms with Crippen LogP contribution < -0.4 is 16.0 Å². The Bertz CT molecular complexity index is 2480. The van der Waals surface area contributed by atoms with E-state index in [2.05, 4.69) is 16.0 Å². The molecule has 0 spiro atoms. The maximum Gasteiger partial charge on any atom is 0.217 e. The Morgan fingerprint density at radius 1 is 0.292 bits per heavy atom. The first-order valence-corrected chi connectivity index (χ1v) is 30.8. The van der Waals surface area contributed by atoms with Crippen molar-refractivity contribution in [3.05, 3.63) is 0 Å². The van der Waals surface area contributed by atoms with Crippen molar-refractivity contribution >= 4 is 17.7 Å². The van der Waals surface area contributed by atoms with Crippen LogP contribution in [0, 0.1) is 0 Å². The first-order chi connectivity index (χ1) is 45.3. The van der Waals surface area contributed by atoms with Crippen molar-refractivity contribution in [3.63, 3.8) is 0 Å². The van der Waals surface area contributed by atoms with Gasteiger partial charge >= 0.3 is 0 Å². The molecule has 8 saturated heterocycles. The Morgan fingerprint density at radius 2 is 0.625 bits per heavy atom. The highest BCUT2D eigenvalue weighted by Gasteiger charge is 2.60. The zero-order valence-electron chi connectivity index (χ0n) is 52.1. The summed E-state index contributed by atoms with van der Waals surface area (Å²) in [6, 6.07) is -5.29. The molecule has 0 aromatic heterocycles. The van der Waals surface area contributed by atoms with E-state index in [-0.39, 0.29) is 0 Å². The maximum atomic E-state index is 12.8. The van der Waals surface area contributed by atoms with Gasteiger partial charge in [0.05, 0.1) is 51.8 Å². The van der Waals surface area contributed by atoms with Gasteiger partial charge in [-0.05, 0) is 13.8 Å². The summed E-state index contributed by atoms with van der Waals surface area (Å²) in [4.78, 5) is 37.9. The van der Waals surface area contributed by atoms with Crippen LogP contribution in [-0.4, -0.2) is 410 Å². The number of rotatable bonds is 23. The number of hydrogen-bond acceptors (Lipinski definition) is 39. The fourth-order valence-electron chi connectivity index (χ4n) is 12.4. The van der Waals surface area contributed by atoms with Crippen LogP contribution in [0.1, 0.15) is 34.6 Å². The highest BCUT2D eigenvalue weighted by molar-refractivity contribution is 5.74. The molecule has 8 heterocycles. The van der Waals surface area contributed by atoms with Gasteiger partial charge in [-0.2, -0.15) is 0 Å². The van der Waals surface area contributed by atoms with E-state index in [1.54, 1.807) is 0 Å². The molecule has 96 heavy (non-hydrogen) atoms. The van der Waals surface area contributed by atoms with Gasteiger partial charge in [-0.1, -0.05) is 0 Å². The fourth-order valence-corrected chi connectivity index (χ4v) is 12.4. The van der Waals surface area contributed by atoms with Gasteiger partial charge in [0, 0.05) is 20.8 Å². The third kappa shape index (κ3) is 17.0. The van der Waals surface area contributed by atoms with Crippen molar-refractivity contribution in [2.24, 2.45) is 0 Å². The summed E-state index contributed by atoms with van der Waals surface area (Å²) in [5.41, 5.74) is 0. The molecule has 8 aliphatic heterocycles. The average molecular weight is 1410 g/mol. The van der Waals surface area contributed by atoms with Crippen LogP contribution in [0.2, 0.25) is 0 Å². The molecule has 0 bridgehead atoms. The van der Waals surface area contributed by atoms with Gasteiger partial charge in [0.1, 0.15) is 183 Å². The molecule has 42 heteroatoms. The summed E-state index contributed by atoms with van der Waals surface area (Å²) in [6.07, 6.45) is -70.3. The quantitative estimate of drug-likeness (QED) is 0.0452. The highest BCUT2D eigenvalue weighted by atomic mass is 16.8. The van der Waals surface area contributed by atoms with Gasteiger partial charge < -0.3 is 194 Å². The number of carbonyl (C=O) groups excluding carboxylic acids is 3. The molecule has 0 aliphatic carbocycles. The highest BCUT2D eigenvalue weighted by Crippen LogP contribution is 2.39. The van der Waals surface area contributed by atoms with Crippen LogP contribution in [0.15, 0.2) is 0 Å². The predicted octanol–water partition coefficient (Wildman–Crippen LogP) is -16.0. The number of carbonyl (C=O) groups is 3. The molecule has 8 rings (SSSR count). The summed E-state index contributed by atoms with van der Waals surface area (Å²) in [5, 5.41) is 237. The van der Waals surface area contributed by atoms with Crippen molar-refractivity contribution in [1.29, 1.82) is 0 Å². The minimum atomic E-state index is -2.30. The van der Waals surface area contributed by atoms with Crippen molar-refractivity contribution < 1.29 is 193 Å². The standard InChI is InChI=1S/C54H91N3O39/c1-12-26(66)35(75)39(79)51(83-12)95-45-38(78)29(69)18(7-59)87-53(45)91-42-21(10-62)90-50(25(34(42)74)57-16(5)65)94-44-37(77)30(70)22(85-47(44)81)11-82-48-24(56-15(4)64)33(73)41(20(9-61)89-48)92-54-46(96-52-40(80)36(76)27(67)13(2)84-52)43(31(71)19(8-60)88-54)93-49-23(55-14(3)63)32(72)28(68)17(6-58)86-49/h12-13,17-54,58-62,66-81H,6-11H2,1-5H3,(H,55,63)(H,56,64)(H,57,65)/t12-,13-,17+,18+,19+,20+,21+,22+,23+,24+,25+,26+,27+,28+,29-,30+,31-,32+,33+,34+,35+,36+,37-,38-,39-,40-,41+,42+,43-,44-,45+,46+,47-,48+,49-,50-,51-,52-,53-,54-/m0/s1. The largest absolute Gasteiger partial charge is 0.394 e. The smallest absolute Gasteiger partial charge is 0.217 e. The van der Waals surface area contributed by atoms with Crippen LogP contribution >= 0.6 is 0 Å². The second kappa shape index (κ2) is 33.8. The second-order valence-electron chi connectivity index (χ2n) is 24.6. The topological polar surface area (TPSA) is 651 Å². The third-order valence-electron chi connectivity index (χ3n) is 17.8. The predicted molar refractivity (Wildman–Crippen MR) is 296 cm³/mol. The maximum absolute atomic E-state index is 12.8. The Hall–Kier alpha value is -3.03. The molecule has 0 radical (unpaired) electrons. The second-order valence-corrected chi connectivity index (χ2v) is 24.6. The Kier molecular flexibility index (Phi) is 27.7. The van der Waals surface area contributed by atoms with E-state index < -0.39 is 303 Å². The lowest BCUT2D eigenvalue weighted by molar-refractivity contribution is -0.399. The van der Waals surface area contributed by atoms with E-state index >= 15 is 0 Å². The zero-order chi connectivity index (χ0) is 70.8. The summed E-state index contributed by atoms with van der Waals surface area (Å²) in [6.45, 7) is -0.441. The Labute approximate surface area is 545 Å². The lowest BCUT2D eigenvalue weighted by Crippen LogP contribution is -2.70. The minimum absolute atomic E-state index is 0.803. The van der Waals surface area contributed by atoms with E-state index in [0.29, 0.717) is 0 Å². The van der Waals surface area contributed by atoms with Gasteiger partial charge in [0.15, 0.2) is 50.3 Å². The molecule has 0 unspecified atom stereocenters. The van der Waals surface area contributed by atoms with Crippen LogP contribution in [-0.2, 0) is 85.4 Å². The Morgan fingerprint density at radius 3 is 1.08 bits per heavy atom. The zero-order valence-corrected chi connectivity index (χ0v) is 52.1. The number of aliphatic hydroxyl groups excluding tert-OH is 21. The summed E-state index contributed by atoms with van der Waals surface area (Å²) in [5.74, 6) is -2.55. The normalized spacial score (nSPS) is 50.3. The monoisotopic (exact) mass is 1410 g/mol. The molecule has 0 saturated carbocycles. The van der Waals surface area contributed by atoms with Crippen LogP contribution in [0.4, 0.5) is 0 Å². The molecule has 3 amide bonds. The number of ether oxygens (including phenoxy) is 15. The molecular formula is C54H91N3O39. The van der Waals surface area contributed by atoms with Crippen molar-refractivity contribution in [3.8, 4) is 0 Å². The van der Waals surface area contributed by atoms with E-state index in [0.717, 1.165) is 20.8 Å². The van der Waals surface area contributed by atoms with E-state index in [9.17, 15) is 122 Å². The van der Waals surface area contributed by atoms with Crippen molar-refractivity contribution in [1.82, 2.24) is 16.0 Å². The van der Waals surface area contributed by atoms with Crippen LogP contribution in [0.3, 0.4) is 0 Å². The van der Waals surface area contributed by atoms with Gasteiger partial charge in [-0.25, -0.2) is 0 Å². The van der Waals surface area contributed by atoms with E-state index in [1.165, 1.54) is 13.8 Å². The van der Waals surface area contributed by atoms with Gasteiger partial charge in [0.25, 0.3) is 0 Å². The molecule has 8 fully saturated rings. The molecule has 24 N–H and O–H groups in total. The summed E-state index contributed by atoms with van der Waals surface area (Å²) in [7, 11) is 0. The molecule has 0 aromatic carbocycles. The number of amides is 3. The molecular weight excluding hydrogens is 1310 g/mol. The third-order valence-corrected chi connectivity index (χ3v) is 17.8. The molecule has 0 aromatic rings. The van der Waals surface area contributed by atoms with E-state index in [1.807, 2.05) is 0 Å². The van der Waals surface area contributed by atoms with E-state index in [4.69, 9.17) is 71.1 Å². The number of aliphatic hydroxyl groups is 21. The fraction of sp³-hybridized carbons (Fsp3) is 0.944. The molecule has 8 aliphatic rings. The molecule has 40 atom stereocenters. The SMILES string of the molecule is CC(=O)N[C@H]1[C@H](O[C@H]2[C@@H](O)[C@H](O)[C@@H](CO[C@@H]3O[C@H](CO)[C@@H](O[C@@H]4O[C@H](CO)[C@H](O)[C@H](O[C@@H]5O[C@H](CO)[C@@H](O)[C@H](O)[C@H]5NC(C)=O)[C@H]4O[C@@H]4O[C@@H](C)[C@@H](O)[C@@H](O)[C@@H]4O)[C@H](O)[C@H]3NC(C)=O)O[C@@H]2O)O[C@H](CO)[C@@H](O[C@@H]2O[C@H](CO)[C@H](O)[C@H](O)[C@H]2O[C@@H]2O[C@@H](C)[C@@H](O)[C@@H](O)[C@@H]2O)[C@@H]1O. The summed E-state index contributed by atoms with van der Waals surface area (Å²) < 4.78 is 88.0. The number of hydrogen-bond donors (Lipinski definition) is 24.